The molecule has 0 aromatic heterocycles. The number of carbonyl (C=O) groups is 1. The molecule has 1 atom stereocenters. The van der Waals surface area contributed by atoms with Crippen molar-refractivity contribution in [3.05, 3.63) is 58.1 Å². The number of anilines is 1. The maximum absolute atomic E-state index is 12.5. The number of amides is 1. The minimum atomic E-state index is -3.71. The van der Waals surface area contributed by atoms with Crippen LogP contribution < -0.4 is 10.0 Å². The average Bonchev–Trinajstić information content (AvgIpc) is 3.16. The Balaban J connectivity index is 1.72. The van der Waals surface area contributed by atoms with E-state index in [1.54, 1.807) is 18.2 Å². The van der Waals surface area contributed by atoms with E-state index < -0.39 is 10.0 Å². The molecule has 0 bridgehead atoms. The van der Waals surface area contributed by atoms with Gasteiger partial charge in [-0.1, -0.05) is 22.0 Å². The predicted molar refractivity (Wildman–Crippen MR) is 107 cm³/mol. The van der Waals surface area contributed by atoms with Crippen LogP contribution >= 0.6 is 15.9 Å². The summed E-state index contributed by atoms with van der Waals surface area (Å²) in [6, 6.07) is 11.5. The van der Waals surface area contributed by atoms with Crippen molar-refractivity contribution in [1.29, 1.82) is 0 Å². The summed E-state index contributed by atoms with van der Waals surface area (Å²) in [6.07, 6.45) is 1.70. The number of hydrogen-bond donors (Lipinski definition) is 2. The first kappa shape index (κ1) is 20.0. The van der Waals surface area contributed by atoms with Gasteiger partial charge in [-0.3, -0.25) is 4.79 Å². The van der Waals surface area contributed by atoms with Gasteiger partial charge in [0.15, 0.2) is 0 Å². The maximum Gasteiger partial charge on any atom is 0.255 e. The molecule has 8 heteroatoms. The molecule has 1 saturated heterocycles. The van der Waals surface area contributed by atoms with Gasteiger partial charge >= 0.3 is 0 Å². The molecule has 2 aromatic rings. The van der Waals surface area contributed by atoms with E-state index in [4.69, 9.17) is 4.74 Å². The number of nitrogens with one attached hydrogen (secondary N) is 2. The Morgan fingerprint density at radius 2 is 2.07 bits per heavy atom. The van der Waals surface area contributed by atoms with Crippen molar-refractivity contribution in [1.82, 2.24) is 4.72 Å². The van der Waals surface area contributed by atoms with Crippen molar-refractivity contribution in [2.24, 2.45) is 0 Å². The van der Waals surface area contributed by atoms with E-state index >= 15 is 0 Å². The molecule has 0 aliphatic carbocycles. The van der Waals surface area contributed by atoms with E-state index in [9.17, 15) is 13.2 Å². The highest BCUT2D eigenvalue weighted by Crippen LogP contribution is 2.21. The number of aryl methyl sites for hydroxylation is 1. The maximum atomic E-state index is 12.5. The van der Waals surface area contributed by atoms with Gasteiger partial charge in [-0.15, -0.1) is 0 Å². The van der Waals surface area contributed by atoms with E-state index in [1.807, 2.05) is 19.1 Å². The fraction of sp³-hybridized carbons (Fsp3) is 0.316. The summed E-state index contributed by atoms with van der Waals surface area (Å²) in [7, 11) is -3.71. The molecule has 6 nitrogen and oxygen atoms in total. The van der Waals surface area contributed by atoms with Gasteiger partial charge < -0.3 is 10.1 Å². The molecule has 2 N–H and O–H groups in total. The van der Waals surface area contributed by atoms with Gasteiger partial charge in [-0.25, -0.2) is 13.1 Å². The Morgan fingerprint density at radius 1 is 1.26 bits per heavy atom. The summed E-state index contributed by atoms with van der Waals surface area (Å²) in [5.74, 6) is -0.364. The third kappa shape index (κ3) is 5.16. The topological polar surface area (TPSA) is 84.5 Å². The van der Waals surface area contributed by atoms with Crippen LogP contribution in [0.4, 0.5) is 5.69 Å². The van der Waals surface area contributed by atoms with Crippen LogP contribution in [0.25, 0.3) is 0 Å². The van der Waals surface area contributed by atoms with Crippen molar-refractivity contribution >= 4 is 37.5 Å². The number of sulfonamides is 1. The van der Waals surface area contributed by atoms with Gasteiger partial charge in [0.25, 0.3) is 5.91 Å². The molecular formula is C19H21BrN2O4S. The molecule has 0 spiro atoms. The minimum absolute atomic E-state index is 0.0562. The van der Waals surface area contributed by atoms with Crippen molar-refractivity contribution in [3.63, 3.8) is 0 Å². The molecule has 3 rings (SSSR count). The predicted octanol–water partition coefficient (Wildman–Crippen LogP) is 3.47. The summed E-state index contributed by atoms with van der Waals surface area (Å²) in [5, 5.41) is 2.81. The Hall–Kier alpha value is -1.74. The lowest BCUT2D eigenvalue weighted by Crippen LogP contribution is -2.32. The van der Waals surface area contributed by atoms with Gasteiger partial charge in [0.05, 0.1) is 11.0 Å². The summed E-state index contributed by atoms with van der Waals surface area (Å²) in [5.41, 5.74) is 1.85. The standard InChI is InChI=1S/C19H21BrN2O4S/c1-13-10-15(20)7-8-18(13)22-19(23)14-4-2-6-17(11-14)27(24,25)21-12-16-5-3-9-26-16/h2,4,6-8,10-11,16,21H,3,5,9,12H2,1H3,(H,22,23). The zero-order valence-electron chi connectivity index (χ0n) is 14.9. The number of halogens is 1. The lowest BCUT2D eigenvalue weighted by Gasteiger charge is -2.12. The molecule has 1 aliphatic heterocycles. The highest BCUT2D eigenvalue weighted by atomic mass is 79.9. The Morgan fingerprint density at radius 3 is 2.78 bits per heavy atom. The lowest BCUT2D eigenvalue weighted by atomic mass is 10.1. The first-order valence-corrected chi connectivity index (χ1v) is 10.9. The summed E-state index contributed by atoms with van der Waals surface area (Å²) < 4.78 is 33.9. The smallest absolute Gasteiger partial charge is 0.255 e. The number of ether oxygens (including phenoxy) is 1. The molecule has 0 saturated carbocycles. The Kier molecular flexibility index (Phi) is 6.31. The summed E-state index contributed by atoms with van der Waals surface area (Å²) in [4.78, 5) is 12.6. The zero-order valence-corrected chi connectivity index (χ0v) is 17.3. The number of hydrogen-bond acceptors (Lipinski definition) is 4. The molecule has 1 aliphatic rings. The number of benzene rings is 2. The van der Waals surface area contributed by atoms with E-state index in [1.165, 1.54) is 12.1 Å². The Bertz CT molecular complexity index is 940. The van der Waals surface area contributed by atoms with Gasteiger partial charge in [0, 0.05) is 28.9 Å². The van der Waals surface area contributed by atoms with Crippen molar-refractivity contribution in [2.45, 2.75) is 30.8 Å². The van der Waals surface area contributed by atoms with Crippen LogP contribution in [0.15, 0.2) is 51.8 Å². The first-order valence-electron chi connectivity index (χ1n) is 8.64. The molecular weight excluding hydrogens is 432 g/mol. The van der Waals surface area contributed by atoms with Crippen LogP contribution in [0.3, 0.4) is 0 Å². The fourth-order valence-electron chi connectivity index (χ4n) is 2.86. The first-order chi connectivity index (χ1) is 12.8. The van der Waals surface area contributed by atoms with Crippen LogP contribution in [0, 0.1) is 6.92 Å². The van der Waals surface area contributed by atoms with Gasteiger partial charge in [-0.05, 0) is 61.7 Å². The molecule has 144 valence electrons. The van der Waals surface area contributed by atoms with Gasteiger partial charge in [0.2, 0.25) is 10.0 Å². The fourth-order valence-corrected chi connectivity index (χ4v) is 4.44. The molecule has 27 heavy (non-hydrogen) atoms. The average molecular weight is 453 g/mol. The third-order valence-electron chi connectivity index (χ3n) is 4.37. The molecule has 1 fully saturated rings. The molecule has 0 radical (unpaired) electrons. The van der Waals surface area contributed by atoms with Crippen molar-refractivity contribution in [3.8, 4) is 0 Å². The second-order valence-electron chi connectivity index (χ2n) is 6.43. The van der Waals surface area contributed by atoms with Crippen LogP contribution in [0.2, 0.25) is 0 Å². The molecule has 2 aromatic carbocycles. The molecule has 1 heterocycles. The minimum Gasteiger partial charge on any atom is -0.377 e. The number of rotatable bonds is 6. The molecule has 1 unspecified atom stereocenters. The van der Waals surface area contributed by atoms with Crippen LogP contribution in [-0.2, 0) is 14.8 Å². The lowest BCUT2D eigenvalue weighted by molar-refractivity contribution is 0.102. The number of carbonyl (C=O) groups excluding carboxylic acids is 1. The third-order valence-corrected chi connectivity index (χ3v) is 6.28. The largest absolute Gasteiger partial charge is 0.377 e. The van der Waals surface area contributed by atoms with Crippen molar-refractivity contribution < 1.29 is 17.9 Å². The van der Waals surface area contributed by atoms with Crippen LogP contribution in [0.5, 0.6) is 0 Å². The zero-order chi connectivity index (χ0) is 19.4. The Labute approximate surface area is 167 Å². The second-order valence-corrected chi connectivity index (χ2v) is 9.11. The highest BCUT2D eigenvalue weighted by Gasteiger charge is 2.21. The summed E-state index contributed by atoms with van der Waals surface area (Å²) >= 11 is 3.38. The second kappa shape index (κ2) is 8.52. The SMILES string of the molecule is Cc1cc(Br)ccc1NC(=O)c1cccc(S(=O)(=O)NCC2CCCO2)c1. The monoisotopic (exact) mass is 452 g/mol. The highest BCUT2D eigenvalue weighted by molar-refractivity contribution is 9.10. The van der Waals surface area contributed by atoms with E-state index in [0.29, 0.717) is 12.3 Å². The van der Waals surface area contributed by atoms with E-state index in [-0.39, 0.29) is 29.0 Å². The normalized spacial score (nSPS) is 17.0. The van der Waals surface area contributed by atoms with E-state index in [2.05, 4.69) is 26.0 Å². The van der Waals surface area contributed by atoms with Gasteiger partial charge in [-0.2, -0.15) is 0 Å². The molecule has 1 amide bonds. The van der Waals surface area contributed by atoms with E-state index in [0.717, 1.165) is 22.9 Å². The van der Waals surface area contributed by atoms with Crippen LogP contribution in [0.1, 0.15) is 28.8 Å². The van der Waals surface area contributed by atoms with Crippen LogP contribution in [-0.4, -0.2) is 33.6 Å². The van der Waals surface area contributed by atoms with Gasteiger partial charge in [0.1, 0.15) is 0 Å². The summed E-state index contributed by atoms with van der Waals surface area (Å²) in [6.45, 7) is 2.78. The quantitative estimate of drug-likeness (QED) is 0.702. The van der Waals surface area contributed by atoms with Crippen molar-refractivity contribution in [2.75, 3.05) is 18.5 Å².